The molecule has 0 bridgehead atoms. The molecule has 0 atom stereocenters. The average molecular weight is 426 g/mol. The third-order valence-corrected chi connectivity index (χ3v) is 7.54. The lowest BCUT2D eigenvalue weighted by atomic mass is 10.0. The second kappa shape index (κ2) is 12.4. The Morgan fingerprint density at radius 3 is 2.28 bits per heavy atom. The Bertz CT molecular complexity index is 851. The van der Waals surface area contributed by atoms with Gasteiger partial charge in [-0.05, 0) is 48.8 Å². The van der Waals surface area contributed by atoms with Crippen LogP contribution in [-0.2, 0) is 6.42 Å². The van der Waals surface area contributed by atoms with Crippen LogP contribution in [0.1, 0.15) is 77.2 Å². The molecule has 3 aromatic rings. The van der Waals surface area contributed by atoms with Crippen LogP contribution in [0.3, 0.4) is 0 Å². The lowest BCUT2D eigenvalue weighted by molar-refractivity contribution is 0.632. The summed E-state index contributed by atoms with van der Waals surface area (Å²) in [6.45, 7) is 4.54. The lowest BCUT2D eigenvalue weighted by Gasteiger charge is -2.03. The molecule has 0 fully saturated rings. The molecule has 0 saturated heterocycles. The van der Waals surface area contributed by atoms with Crippen LogP contribution in [0.2, 0.25) is 0 Å². The number of rotatable bonds is 13. The van der Waals surface area contributed by atoms with Gasteiger partial charge in [-0.1, -0.05) is 83.1 Å². The number of thioether (sulfide) groups is 1. The molecule has 0 saturated carbocycles. The van der Waals surface area contributed by atoms with Crippen molar-refractivity contribution in [2.45, 2.75) is 83.0 Å². The Kier molecular flexibility index (Phi) is 9.56. The van der Waals surface area contributed by atoms with E-state index in [4.69, 9.17) is 4.98 Å². The van der Waals surface area contributed by atoms with E-state index in [0.29, 0.717) is 0 Å². The molecule has 0 aliphatic rings. The van der Waals surface area contributed by atoms with Crippen molar-refractivity contribution in [3.05, 3.63) is 48.0 Å². The molecule has 0 amide bonds. The molecule has 1 aromatic heterocycles. The number of hydrogen-bond acceptors (Lipinski definition) is 3. The van der Waals surface area contributed by atoms with Crippen molar-refractivity contribution in [1.29, 1.82) is 0 Å². The molecule has 3 heteroatoms. The van der Waals surface area contributed by atoms with E-state index in [1.54, 1.807) is 0 Å². The van der Waals surface area contributed by atoms with Crippen molar-refractivity contribution in [3.8, 4) is 10.6 Å². The second-order valence-electron chi connectivity index (χ2n) is 7.92. The standard InChI is InChI=1S/C26H35NS2/c1-3-5-7-9-10-12-21-13-15-22(16-14-21)26-27-24-18-17-23(20-25(24)29-26)28-19-11-8-6-4-2/h13-18,20H,3-12,19H2,1-2H3. The van der Waals surface area contributed by atoms with Crippen LogP contribution in [0, 0.1) is 0 Å². The van der Waals surface area contributed by atoms with Crippen LogP contribution < -0.4 is 0 Å². The van der Waals surface area contributed by atoms with Gasteiger partial charge in [-0.25, -0.2) is 4.98 Å². The number of aromatic nitrogens is 1. The minimum Gasteiger partial charge on any atom is -0.236 e. The number of thiazole rings is 1. The van der Waals surface area contributed by atoms with Gasteiger partial charge in [-0.15, -0.1) is 23.1 Å². The van der Waals surface area contributed by atoms with Crippen LogP contribution in [0.4, 0.5) is 0 Å². The topological polar surface area (TPSA) is 12.9 Å². The number of benzene rings is 2. The third kappa shape index (κ3) is 7.15. The fraction of sp³-hybridized carbons (Fsp3) is 0.500. The van der Waals surface area contributed by atoms with Gasteiger partial charge in [0.1, 0.15) is 5.01 Å². The van der Waals surface area contributed by atoms with Crippen molar-refractivity contribution in [3.63, 3.8) is 0 Å². The molecule has 29 heavy (non-hydrogen) atoms. The zero-order chi connectivity index (χ0) is 20.3. The van der Waals surface area contributed by atoms with Crippen molar-refractivity contribution in [2.75, 3.05) is 5.75 Å². The predicted molar refractivity (Wildman–Crippen MR) is 132 cm³/mol. The van der Waals surface area contributed by atoms with Gasteiger partial charge in [0.2, 0.25) is 0 Å². The smallest absolute Gasteiger partial charge is 0.124 e. The molecule has 0 N–H and O–H groups in total. The maximum atomic E-state index is 4.88. The van der Waals surface area contributed by atoms with Crippen molar-refractivity contribution >= 4 is 33.3 Å². The van der Waals surface area contributed by atoms with Crippen molar-refractivity contribution in [1.82, 2.24) is 4.98 Å². The SMILES string of the molecule is CCCCCCCc1ccc(-c2nc3ccc(SCCCCCC)cc3s2)cc1. The highest BCUT2D eigenvalue weighted by Gasteiger charge is 2.08. The maximum Gasteiger partial charge on any atom is 0.124 e. The Morgan fingerprint density at radius 2 is 1.52 bits per heavy atom. The van der Waals surface area contributed by atoms with E-state index in [9.17, 15) is 0 Å². The summed E-state index contributed by atoms with van der Waals surface area (Å²) >= 11 is 3.80. The summed E-state index contributed by atoms with van der Waals surface area (Å²) < 4.78 is 1.30. The molecule has 0 unspecified atom stereocenters. The zero-order valence-corrected chi connectivity index (χ0v) is 19.7. The highest BCUT2D eigenvalue weighted by atomic mass is 32.2. The quantitative estimate of drug-likeness (QED) is 0.200. The molecule has 0 spiro atoms. The Hall–Kier alpha value is -1.32. The van der Waals surface area contributed by atoms with Crippen LogP contribution in [0.15, 0.2) is 47.4 Å². The van der Waals surface area contributed by atoms with E-state index in [-0.39, 0.29) is 0 Å². The van der Waals surface area contributed by atoms with Gasteiger partial charge in [0.25, 0.3) is 0 Å². The molecule has 0 aliphatic carbocycles. The van der Waals surface area contributed by atoms with Gasteiger partial charge in [0.15, 0.2) is 0 Å². The maximum absolute atomic E-state index is 4.88. The normalized spacial score (nSPS) is 11.4. The molecule has 1 heterocycles. The molecule has 156 valence electrons. The van der Waals surface area contributed by atoms with Gasteiger partial charge >= 0.3 is 0 Å². The molecule has 1 nitrogen and oxygen atoms in total. The Balaban J connectivity index is 1.56. The van der Waals surface area contributed by atoms with E-state index in [2.05, 4.69) is 56.3 Å². The van der Waals surface area contributed by atoms with Crippen molar-refractivity contribution < 1.29 is 0 Å². The monoisotopic (exact) mass is 425 g/mol. The van der Waals surface area contributed by atoms with E-state index in [1.165, 1.54) is 90.7 Å². The average Bonchev–Trinajstić information content (AvgIpc) is 3.17. The predicted octanol–water partition coefficient (Wildman–Crippen LogP) is 9.15. The van der Waals surface area contributed by atoms with Gasteiger partial charge in [-0.2, -0.15) is 0 Å². The number of fused-ring (bicyclic) bond motifs is 1. The number of hydrogen-bond donors (Lipinski definition) is 0. The van der Waals surface area contributed by atoms with E-state index in [1.807, 2.05) is 23.1 Å². The number of aryl methyl sites for hydroxylation is 1. The van der Waals surface area contributed by atoms with E-state index >= 15 is 0 Å². The Labute approximate surface area is 185 Å². The molecular weight excluding hydrogens is 390 g/mol. The molecular formula is C26H35NS2. The van der Waals surface area contributed by atoms with Gasteiger partial charge < -0.3 is 0 Å². The summed E-state index contributed by atoms with van der Waals surface area (Å²) in [5, 5.41) is 1.14. The number of nitrogens with zero attached hydrogens (tertiary/aromatic N) is 1. The molecule has 2 aromatic carbocycles. The van der Waals surface area contributed by atoms with Gasteiger partial charge in [-0.3, -0.25) is 0 Å². The summed E-state index contributed by atoms with van der Waals surface area (Å²) in [6, 6.07) is 15.8. The zero-order valence-electron chi connectivity index (χ0n) is 18.1. The Morgan fingerprint density at radius 1 is 0.793 bits per heavy atom. The fourth-order valence-electron chi connectivity index (χ4n) is 3.58. The van der Waals surface area contributed by atoms with E-state index < -0.39 is 0 Å². The summed E-state index contributed by atoms with van der Waals surface area (Å²) in [5.74, 6) is 1.22. The first-order chi connectivity index (χ1) is 14.3. The summed E-state index contributed by atoms with van der Waals surface area (Å²) in [7, 11) is 0. The summed E-state index contributed by atoms with van der Waals surface area (Å²) in [6.07, 6.45) is 13.2. The second-order valence-corrected chi connectivity index (χ2v) is 10.1. The number of unbranched alkanes of at least 4 members (excludes halogenated alkanes) is 7. The van der Waals surface area contributed by atoms with Crippen LogP contribution in [0.25, 0.3) is 20.8 Å². The van der Waals surface area contributed by atoms with Crippen LogP contribution in [0.5, 0.6) is 0 Å². The first-order valence-corrected chi connectivity index (χ1v) is 13.2. The minimum atomic E-state index is 1.13. The first kappa shape index (κ1) is 22.4. The van der Waals surface area contributed by atoms with Gasteiger partial charge in [0.05, 0.1) is 10.2 Å². The summed E-state index contributed by atoms with van der Waals surface area (Å²) in [4.78, 5) is 6.26. The first-order valence-electron chi connectivity index (χ1n) is 11.4. The highest BCUT2D eigenvalue weighted by molar-refractivity contribution is 7.99. The van der Waals surface area contributed by atoms with Crippen LogP contribution >= 0.6 is 23.1 Å². The minimum absolute atomic E-state index is 1.13. The molecule has 3 rings (SSSR count). The lowest BCUT2D eigenvalue weighted by Crippen LogP contribution is -1.86. The summed E-state index contributed by atoms with van der Waals surface area (Å²) in [5.41, 5.74) is 3.82. The fourth-order valence-corrected chi connectivity index (χ4v) is 5.62. The van der Waals surface area contributed by atoms with Crippen LogP contribution in [-0.4, -0.2) is 10.7 Å². The molecule has 0 aliphatic heterocycles. The largest absolute Gasteiger partial charge is 0.236 e. The van der Waals surface area contributed by atoms with Gasteiger partial charge in [0, 0.05) is 10.5 Å². The molecule has 0 radical (unpaired) electrons. The third-order valence-electron chi connectivity index (χ3n) is 5.40. The van der Waals surface area contributed by atoms with E-state index in [0.717, 1.165) is 10.5 Å². The van der Waals surface area contributed by atoms with Crippen molar-refractivity contribution in [2.24, 2.45) is 0 Å². The highest BCUT2D eigenvalue weighted by Crippen LogP contribution is 2.33.